The Morgan fingerprint density at radius 2 is 2.25 bits per heavy atom. The summed E-state index contributed by atoms with van der Waals surface area (Å²) in [5.74, 6) is -0.838. The molecule has 0 saturated carbocycles. The summed E-state index contributed by atoms with van der Waals surface area (Å²) < 4.78 is 16.1. The van der Waals surface area contributed by atoms with Gasteiger partial charge < -0.3 is 5.32 Å². The molecule has 0 fully saturated rings. The van der Waals surface area contributed by atoms with Crippen LogP contribution in [0.5, 0.6) is 0 Å². The zero-order chi connectivity index (χ0) is 16.7. The summed E-state index contributed by atoms with van der Waals surface area (Å²) in [5.41, 5.74) is 1.69. The molecule has 0 bridgehead atoms. The van der Waals surface area contributed by atoms with Gasteiger partial charge >= 0.3 is 0 Å². The van der Waals surface area contributed by atoms with Crippen LogP contribution in [0.25, 0.3) is 5.00 Å². The average Bonchev–Trinajstić information content (AvgIpc) is 3.24. The molecule has 1 aromatic carbocycles. The minimum absolute atomic E-state index is 0.142. The number of nitrogens with one attached hydrogen (secondary N) is 1. The maximum Gasteiger partial charge on any atom is 0.259 e. The van der Waals surface area contributed by atoms with Crippen molar-refractivity contribution in [3.63, 3.8) is 0 Å². The Hall–Kier alpha value is -2.13. The summed E-state index contributed by atoms with van der Waals surface area (Å²) >= 11 is 4.71. The fourth-order valence-electron chi connectivity index (χ4n) is 2.82. The molecule has 0 saturated heterocycles. The van der Waals surface area contributed by atoms with Gasteiger partial charge in [0.15, 0.2) is 0 Å². The largest absolute Gasteiger partial charge is 0.319 e. The average molecular weight is 408 g/mol. The van der Waals surface area contributed by atoms with Crippen molar-refractivity contribution in [3.8, 4) is 5.00 Å². The van der Waals surface area contributed by atoms with Crippen molar-refractivity contribution in [2.24, 2.45) is 0 Å². The summed E-state index contributed by atoms with van der Waals surface area (Å²) in [5, 5.41) is 14.5. The van der Waals surface area contributed by atoms with E-state index in [1.54, 1.807) is 6.07 Å². The zero-order valence-electron chi connectivity index (χ0n) is 12.3. The van der Waals surface area contributed by atoms with Gasteiger partial charge in [0, 0.05) is 9.35 Å². The molecule has 9 heteroatoms. The fraction of sp³-hybridized carbons (Fsp3) is 0.200. The number of carbonyl (C=O) groups is 1. The number of nitrogens with zero attached hydrogens (tertiary/aromatic N) is 4. The van der Waals surface area contributed by atoms with Gasteiger partial charge in [0.1, 0.15) is 17.1 Å². The number of aryl methyl sites for hydroxylation is 1. The number of carbonyl (C=O) groups excluding carboxylic acids is 1. The Labute approximate surface area is 148 Å². The first kappa shape index (κ1) is 15.4. The Balaban J connectivity index is 1.74. The van der Waals surface area contributed by atoms with Crippen molar-refractivity contribution in [2.45, 2.75) is 19.3 Å². The molecule has 24 heavy (non-hydrogen) atoms. The van der Waals surface area contributed by atoms with Crippen LogP contribution in [0.3, 0.4) is 0 Å². The van der Waals surface area contributed by atoms with Crippen LogP contribution >= 0.6 is 27.3 Å². The molecule has 0 atom stereocenters. The number of hydrogen-bond acceptors (Lipinski definition) is 5. The number of hydrogen-bond donors (Lipinski definition) is 1. The molecule has 3 aromatic rings. The number of halogens is 2. The molecule has 1 aliphatic rings. The second-order valence-corrected chi connectivity index (χ2v) is 7.37. The highest BCUT2D eigenvalue weighted by Gasteiger charge is 2.28. The number of tetrazole rings is 1. The first-order valence-electron chi connectivity index (χ1n) is 7.28. The van der Waals surface area contributed by atoms with Crippen LogP contribution in [0.4, 0.5) is 10.1 Å². The lowest BCUT2D eigenvalue weighted by Crippen LogP contribution is -2.16. The second kappa shape index (κ2) is 6.06. The highest BCUT2D eigenvalue weighted by molar-refractivity contribution is 9.10. The molecule has 1 aliphatic carbocycles. The predicted octanol–water partition coefficient (Wildman–Crippen LogP) is 3.37. The number of rotatable bonds is 3. The highest BCUT2D eigenvalue weighted by atomic mass is 79.9. The molecular weight excluding hydrogens is 397 g/mol. The molecule has 6 nitrogen and oxygen atoms in total. The predicted molar refractivity (Wildman–Crippen MR) is 91.1 cm³/mol. The van der Waals surface area contributed by atoms with E-state index in [9.17, 15) is 9.18 Å². The molecule has 2 heterocycles. The lowest BCUT2D eigenvalue weighted by Gasteiger charge is -2.09. The Kier molecular flexibility index (Phi) is 3.89. The maximum atomic E-state index is 14.0. The Morgan fingerprint density at radius 3 is 3.00 bits per heavy atom. The summed E-state index contributed by atoms with van der Waals surface area (Å²) in [6.45, 7) is 0. The second-order valence-electron chi connectivity index (χ2n) is 5.37. The van der Waals surface area contributed by atoms with E-state index in [1.165, 1.54) is 39.4 Å². The third-order valence-electron chi connectivity index (χ3n) is 3.87. The lowest BCUT2D eigenvalue weighted by molar-refractivity contribution is 0.102. The van der Waals surface area contributed by atoms with Crippen molar-refractivity contribution in [3.05, 3.63) is 50.8 Å². The van der Waals surface area contributed by atoms with Gasteiger partial charge in [-0.15, -0.1) is 16.4 Å². The van der Waals surface area contributed by atoms with Gasteiger partial charge in [-0.1, -0.05) is 15.9 Å². The van der Waals surface area contributed by atoms with Crippen LogP contribution in [0, 0.1) is 5.82 Å². The highest BCUT2D eigenvalue weighted by Crippen LogP contribution is 2.37. The standard InChI is InChI=1S/C15H11BrFN5OS/c16-8-4-5-11(10(17)6-8)19-14(23)13-9-2-1-3-12(9)24-15(13)22-7-18-20-21-22/h4-7H,1-3H2,(H,19,23). The van der Waals surface area contributed by atoms with Gasteiger partial charge in [-0.05, 0) is 53.5 Å². The number of amides is 1. The first-order valence-corrected chi connectivity index (χ1v) is 8.88. The first-order chi connectivity index (χ1) is 11.6. The van der Waals surface area contributed by atoms with Gasteiger partial charge in [0.25, 0.3) is 5.91 Å². The fourth-order valence-corrected chi connectivity index (χ4v) is 4.45. The van der Waals surface area contributed by atoms with E-state index in [0.717, 1.165) is 24.8 Å². The smallest absolute Gasteiger partial charge is 0.259 e. The molecule has 122 valence electrons. The maximum absolute atomic E-state index is 14.0. The van der Waals surface area contributed by atoms with E-state index in [-0.39, 0.29) is 11.6 Å². The topological polar surface area (TPSA) is 72.7 Å². The van der Waals surface area contributed by atoms with Crippen molar-refractivity contribution in [2.75, 3.05) is 5.32 Å². The Bertz CT molecular complexity index is 924. The van der Waals surface area contributed by atoms with Crippen molar-refractivity contribution < 1.29 is 9.18 Å². The van der Waals surface area contributed by atoms with Crippen LogP contribution in [0.2, 0.25) is 0 Å². The summed E-state index contributed by atoms with van der Waals surface area (Å²) in [4.78, 5) is 14.0. The van der Waals surface area contributed by atoms with E-state index in [0.29, 0.717) is 15.0 Å². The lowest BCUT2D eigenvalue weighted by atomic mass is 10.1. The number of benzene rings is 1. The molecule has 0 radical (unpaired) electrons. The van der Waals surface area contributed by atoms with Crippen LogP contribution < -0.4 is 5.32 Å². The van der Waals surface area contributed by atoms with Crippen molar-refractivity contribution >= 4 is 38.9 Å². The van der Waals surface area contributed by atoms with Crippen LogP contribution in [-0.4, -0.2) is 26.1 Å². The SMILES string of the molecule is O=C(Nc1ccc(Br)cc1F)c1c(-n2cnnn2)sc2c1CCC2. The Morgan fingerprint density at radius 1 is 1.38 bits per heavy atom. The minimum atomic E-state index is -0.492. The monoisotopic (exact) mass is 407 g/mol. The van der Waals surface area contributed by atoms with Gasteiger partial charge in [-0.3, -0.25) is 4.79 Å². The van der Waals surface area contributed by atoms with Crippen molar-refractivity contribution in [1.29, 1.82) is 0 Å². The molecule has 4 rings (SSSR count). The van der Waals surface area contributed by atoms with E-state index < -0.39 is 5.82 Å². The van der Waals surface area contributed by atoms with Crippen LogP contribution in [0.1, 0.15) is 27.2 Å². The molecule has 1 amide bonds. The van der Waals surface area contributed by atoms with E-state index in [1.807, 2.05) is 0 Å². The van der Waals surface area contributed by atoms with Gasteiger partial charge in [-0.25, -0.2) is 4.39 Å². The van der Waals surface area contributed by atoms with Gasteiger partial charge in [0.2, 0.25) is 0 Å². The quantitative estimate of drug-likeness (QED) is 0.722. The molecule has 2 aromatic heterocycles. The number of aromatic nitrogens is 4. The molecular formula is C15H11BrFN5OS. The van der Waals surface area contributed by atoms with Gasteiger partial charge in [0.05, 0.1) is 11.3 Å². The van der Waals surface area contributed by atoms with E-state index >= 15 is 0 Å². The van der Waals surface area contributed by atoms with Crippen molar-refractivity contribution in [1.82, 2.24) is 20.2 Å². The normalized spacial score (nSPS) is 13.1. The number of fused-ring (bicyclic) bond motifs is 1. The van der Waals surface area contributed by atoms with E-state index in [4.69, 9.17) is 0 Å². The summed E-state index contributed by atoms with van der Waals surface area (Å²) in [6.07, 6.45) is 4.25. The molecule has 1 N–H and O–H groups in total. The zero-order valence-corrected chi connectivity index (χ0v) is 14.7. The van der Waals surface area contributed by atoms with Crippen LogP contribution in [0.15, 0.2) is 29.0 Å². The summed E-state index contributed by atoms with van der Waals surface area (Å²) in [6, 6.07) is 4.52. The van der Waals surface area contributed by atoms with E-state index in [2.05, 4.69) is 36.8 Å². The van der Waals surface area contributed by atoms with Crippen LogP contribution in [-0.2, 0) is 12.8 Å². The third-order valence-corrected chi connectivity index (χ3v) is 5.64. The third kappa shape index (κ3) is 2.63. The molecule has 0 aliphatic heterocycles. The van der Waals surface area contributed by atoms with Gasteiger partial charge in [-0.2, -0.15) is 4.68 Å². The minimum Gasteiger partial charge on any atom is -0.319 e. The molecule has 0 unspecified atom stereocenters. The number of anilines is 1. The number of thiophene rings is 1. The summed E-state index contributed by atoms with van der Waals surface area (Å²) in [7, 11) is 0. The molecule has 0 spiro atoms.